The van der Waals surface area contributed by atoms with Gasteiger partial charge in [0.25, 0.3) is 0 Å². The molecule has 0 radical (unpaired) electrons. The Labute approximate surface area is 130 Å². The number of nitrogens with one attached hydrogen (secondary N) is 1. The molecule has 1 heterocycles. The molecular formula is C18H32N2O. The summed E-state index contributed by atoms with van der Waals surface area (Å²) in [6, 6.07) is 2.96. The smallest absolute Gasteiger partial charge is 0.118 e. The van der Waals surface area contributed by atoms with E-state index < -0.39 is 0 Å². The predicted octanol–water partition coefficient (Wildman–Crippen LogP) is 4.10. The van der Waals surface area contributed by atoms with E-state index in [0.717, 1.165) is 43.1 Å². The fourth-order valence-corrected chi connectivity index (χ4v) is 3.42. The molecule has 0 spiro atoms. The van der Waals surface area contributed by atoms with Gasteiger partial charge in [-0.25, -0.2) is 0 Å². The first-order valence-electron chi connectivity index (χ1n) is 8.59. The SMILES string of the molecule is CCCNCc1cc(CN(C)C2CCCC(C)C2)oc1C. The Morgan fingerprint density at radius 2 is 2.19 bits per heavy atom. The minimum atomic E-state index is 0.723. The van der Waals surface area contributed by atoms with Crippen LogP contribution in [-0.4, -0.2) is 24.5 Å². The average Bonchev–Trinajstić information content (AvgIpc) is 2.79. The number of nitrogens with zero attached hydrogens (tertiary/aromatic N) is 1. The molecule has 0 saturated heterocycles. The van der Waals surface area contributed by atoms with Gasteiger partial charge in [0.05, 0.1) is 6.54 Å². The Bertz CT molecular complexity index is 427. The lowest BCUT2D eigenvalue weighted by Crippen LogP contribution is -2.34. The molecule has 1 aromatic rings. The molecule has 0 aliphatic heterocycles. The standard InChI is InChI=1S/C18H32N2O/c1-5-9-19-12-16-11-18(21-15(16)3)13-20(4)17-8-6-7-14(2)10-17/h11,14,17,19H,5-10,12-13H2,1-4H3. The van der Waals surface area contributed by atoms with Crippen molar-refractivity contribution in [3.8, 4) is 0 Å². The van der Waals surface area contributed by atoms with Gasteiger partial charge in [-0.3, -0.25) is 4.90 Å². The molecular weight excluding hydrogens is 260 g/mol. The van der Waals surface area contributed by atoms with E-state index in [0.29, 0.717) is 0 Å². The molecule has 2 rings (SSSR count). The van der Waals surface area contributed by atoms with Gasteiger partial charge >= 0.3 is 0 Å². The molecule has 1 aromatic heterocycles. The van der Waals surface area contributed by atoms with Gasteiger partial charge in [0.1, 0.15) is 11.5 Å². The van der Waals surface area contributed by atoms with Crippen molar-refractivity contribution in [2.75, 3.05) is 13.6 Å². The zero-order valence-electron chi connectivity index (χ0n) is 14.2. The monoisotopic (exact) mass is 292 g/mol. The molecule has 21 heavy (non-hydrogen) atoms. The number of aryl methyl sites for hydroxylation is 1. The zero-order valence-corrected chi connectivity index (χ0v) is 14.2. The normalized spacial score (nSPS) is 22.9. The zero-order chi connectivity index (χ0) is 15.2. The van der Waals surface area contributed by atoms with Crippen LogP contribution in [0.3, 0.4) is 0 Å². The van der Waals surface area contributed by atoms with E-state index in [1.165, 1.54) is 37.7 Å². The van der Waals surface area contributed by atoms with Gasteiger partial charge in [-0.05, 0) is 51.8 Å². The molecule has 2 atom stereocenters. The molecule has 1 aliphatic carbocycles. The highest BCUT2D eigenvalue weighted by atomic mass is 16.3. The van der Waals surface area contributed by atoms with Crippen molar-refractivity contribution in [2.24, 2.45) is 5.92 Å². The van der Waals surface area contributed by atoms with Crippen LogP contribution in [0.1, 0.15) is 63.0 Å². The summed E-state index contributed by atoms with van der Waals surface area (Å²) in [7, 11) is 2.25. The highest BCUT2D eigenvalue weighted by molar-refractivity contribution is 5.20. The molecule has 0 aromatic carbocycles. The summed E-state index contributed by atoms with van der Waals surface area (Å²) in [6.45, 7) is 9.59. The second-order valence-electron chi connectivity index (χ2n) is 6.81. The van der Waals surface area contributed by atoms with Crippen LogP contribution in [0.5, 0.6) is 0 Å². The van der Waals surface area contributed by atoms with Crippen molar-refractivity contribution in [2.45, 2.75) is 72.0 Å². The van der Waals surface area contributed by atoms with Crippen molar-refractivity contribution < 1.29 is 4.42 Å². The molecule has 1 fully saturated rings. The first kappa shape index (κ1) is 16.6. The minimum Gasteiger partial charge on any atom is -0.465 e. The van der Waals surface area contributed by atoms with E-state index in [9.17, 15) is 0 Å². The first-order chi connectivity index (χ1) is 10.1. The number of hydrogen-bond acceptors (Lipinski definition) is 3. The van der Waals surface area contributed by atoms with Crippen LogP contribution in [0.15, 0.2) is 10.5 Å². The van der Waals surface area contributed by atoms with Crippen LogP contribution in [-0.2, 0) is 13.1 Å². The van der Waals surface area contributed by atoms with E-state index in [4.69, 9.17) is 4.42 Å². The van der Waals surface area contributed by atoms with E-state index in [1.54, 1.807) is 0 Å². The molecule has 2 unspecified atom stereocenters. The highest BCUT2D eigenvalue weighted by Crippen LogP contribution is 2.28. The fraction of sp³-hybridized carbons (Fsp3) is 0.778. The Balaban J connectivity index is 1.88. The summed E-state index contributed by atoms with van der Waals surface area (Å²) < 4.78 is 5.95. The third-order valence-corrected chi connectivity index (χ3v) is 4.75. The van der Waals surface area contributed by atoms with Crippen molar-refractivity contribution in [3.05, 3.63) is 23.2 Å². The van der Waals surface area contributed by atoms with Gasteiger partial charge in [-0.1, -0.05) is 26.7 Å². The van der Waals surface area contributed by atoms with Gasteiger partial charge in [-0.2, -0.15) is 0 Å². The van der Waals surface area contributed by atoms with Gasteiger partial charge in [0.15, 0.2) is 0 Å². The summed E-state index contributed by atoms with van der Waals surface area (Å²) in [5.41, 5.74) is 1.31. The van der Waals surface area contributed by atoms with Crippen LogP contribution in [0.2, 0.25) is 0 Å². The van der Waals surface area contributed by atoms with E-state index in [2.05, 4.69) is 44.1 Å². The number of rotatable bonds is 7. The summed E-state index contributed by atoms with van der Waals surface area (Å²) >= 11 is 0. The second-order valence-corrected chi connectivity index (χ2v) is 6.81. The molecule has 120 valence electrons. The fourth-order valence-electron chi connectivity index (χ4n) is 3.42. The maximum Gasteiger partial charge on any atom is 0.118 e. The molecule has 0 bridgehead atoms. The molecule has 3 nitrogen and oxygen atoms in total. The van der Waals surface area contributed by atoms with Gasteiger partial charge in [-0.15, -0.1) is 0 Å². The van der Waals surface area contributed by atoms with Crippen molar-refractivity contribution in [1.82, 2.24) is 10.2 Å². The molecule has 1 N–H and O–H groups in total. The van der Waals surface area contributed by atoms with Crippen molar-refractivity contribution in [1.29, 1.82) is 0 Å². The van der Waals surface area contributed by atoms with Gasteiger partial charge in [0, 0.05) is 18.2 Å². The van der Waals surface area contributed by atoms with Crippen LogP contribution in [0, 0.1) is 12.8 Å². The van der Waals surface area contributed by atoms with Crippen LogP contribution < -0.4 is 5.32 Å². The third-order valence-electron chi connectivity index (χ3n) is 4.75. The molecule has 3 heteroatoms. The average molecular weight is 292 g/mol. The largest absolute Gasteiger partial charge is 0.465 e. The van der Waals surface area contributed by atoms with Gasteiger partial charge < -0.3 is 9.73 Å². The van der Waals surface area contributed by atoms with Gasteiger partial charge in [0.2, 0.25) is 0 Å². The van der Waals surface area contributed by atoms with E-state index in [-0.39, 0.29) is 0 Å². The lowest BCUT2D eigenvalue weighted by atomic mass is 9.86. The summed E-state index contributed by atoms with van der Waals surface area (Å²) in [5.74, 6) is 3.05. The molecule has 0 amide bonds. The Kier molecular flexibility index (Phi) is 6.31. The lowest BCUT2D eigenvalue weighted by Gasteiger charge is -2.33. The summed E-state index contributed by atoms with van der Waals surface area (Å²) in [6.07, 6.45) is 6.62. The first-order valence-corrected chi connectivity index (χ1v) is 8.59. The Hall–Kier alpha value is -0.800. The minimum absolute atomic E-state index is 0.723. The van der Waals surface area contributed by atoms with Crippen molar-refractivity contribution in [3.63, 3.8) is 0 Å². The topological polar surface area (TPSA) is 28.4 Å². The van der Waals surface area contributed by atoms with Crippen LogP contribution in [0.25, 0.3) is 0 Å². The summed E-state index contributed by atoms with van der Waals surface area (Å²) in [4.78, 5) is 2.48. The summed E-state index contributed by atoms with van der Waals surface area (Å²) in [5, 5.41) is 3.45. The van der Waals surface area contributed by atoms with E-state index >= 15 is 0 Å². The second kappa shape index (κ2) is 8.00. The maximum absolute atomic E-state index is 5.95. The van der Waals surface area contributed by atoms with E-state index in [1.807, 2.05) is 0 Å². The molecule has 1 aliphatic rings. The third kappa shape index (κ3) is 4.86. The quantitative estimate of drug-likeness (QED) is 0.767. The van der Waals surface area contributed by atoms with Crippen molar-refractivity contribution >= 4 is 0 Å². The van der Waals surface area contributed by atoms with Crippen LogP contribution in [0.4, 0.5) is 0 Å². The number of furan rings is 1. The number of hydrogen-bond donors (Lipinski definition) is 1. The Morgan fingerprint density at radius 1 is 1.38 bits per heavy atom. The lowest BCUT2D eigenvalue weighted by molar-refractivity contribution is 0.148. The predicted molar refractivity (Wildman–Crippen MR) is 88.3 cm³/mol. The molecule has 1 saturated carbocycles. The maximum atomic E-state index is 5.95. The highest BCUT2D eigenvalue weighted by Gasteiger charge is 2.23. The Morgan fingerprint density at radius 3 is 2.90 bits per heavy atom. The van der Waals surface area contributed by atoms with Crippen LogP contribution >= 0.6 is 0 Å².